The summed E-state index contributed by atoms with van der Waals surface area (Å²) < 4.78 is 92.4. The third-order valence-electron chi connectivity index (χ3n) is 1.02. The molecule has 0 spiro atoms. The molecule has 0 aromatic carbocycles. The van der Waals surface area contributed by atoms with Gasteiger partial charge in [-0.2, -0.15) is 34.8 Å². The maximum atomic E-state index is 11.6. The van der Waals surface area contributed by atoms with Crippen LogP contribution in [0.3, 0.4) is 0 Å². The third kappa shape index (κ3) is 3.33. The quantitative estimate of drug-likeness (QED) is 0.424. The summed E-state index contributed by atoms with van der Waals surface area (Å²) in [7, 11) is -6.20. The first-order valence-corrected chi connectivity index (χ1v) is 4.35. The van der Waals surface area contributed by atoms with Gasteiger partial charge in [0.15, 0.2) is 6.10 Å². The molecule has 0 radical (unpaired) electrons. The molecule has 0 aromatic heterocycles. The Morgan fingerprint density at radius 1 is 1.07 bits per heavy atom. The summed E-state index contributed by atoms with van der Waals surface area (Å²) in [5, 5.41) is 0. The van der Waals surface area contributed by atoms with Crippen LogP contribution >= 0.6 is 0 Å². The second kappa shape index (κ2) is 3.57. The Balaban J connectivity index is 4.72. The second-order valence-electron chi connectivity index (χ2n) is 2.18. The van der Waals surface area contributed by atoms with Gasteiger partial charge < -0.3 is 0 Å². The standard InChI is InChI=1S/C4H4F6O3S/c1-2(3(5,6)7)13-14(11,12)4(8,9)10/h2H,1H3/t2-/m1/s1. The fourth-order valence-electron chi connectivity index (χ4n) is 0.299. The van der Waals surface area contributed by atoms with Crippen LogP contribution in [0, 0.1) is 0 Å². The second-order valence-corrected chi connectivity index (χ2v) is 3.74. The van der Waals surface area contributed by atoms with Gasteiger partial charge in [0.1, 0.15) is 0 Å². The van der Waals surface area contributed by atoms with Gasteiger partial charge in [0.05, 0.1) is 0 Å². The molecule has 1 atom stereocenters. The first-order valence-electron chi connectivity index (χ1n) is 2.94. The minimum atomic E-state index is -6.20. The van der Waals surface area contributed by atoms with Gasteiger partial charge in [0.2, 0.25) is 0 Å². The lowest BCUT2D eigenvalue weighted by molar-refractivity contribution is -0.191. The van der Waals surface area contributed by atoms with Crippen LogP contribution in [0.5, 0.6) is 0 Å². The van der Waals surface area contributed by atoms with E-state index in [0.717, 1.165) is 0 Å². The van der Waals surface area contributed by atoms with Crippen molar-refractivity contribution in [2.24, 2.45) is 0 Å². The third-order valence-corrected chi connectivity index (χ3v) is 2.12. The highest BCUT2D eigenvalue weighted by atomic mass is 32.2. The smallest absolute Gasteiger partial charge is 0.251 e. The molecule has 86 valence electrons. The average Bonchev–Trinajstić information content (AvgIpc) is 1.80. The van der Waals surface area contributed by atoms with Crippen molar-refractivity contribution in [1.29, 1.82) is 0 Å². The first kappa shape index (κ1) is 13.5. The van der Waals surface area contributed by atoms with Crippen molar-refractivity contribution in [3.05, 3.63) is 0 Å². The summed E-state index contributed by atoms with van der Waals surface area (Å²) in [4.78, 5) is 0. The van der Waals surface area contributed by atoms with E-state index in [4.69, 9.17) is 0 Å². The molecule has 10 heteroatoms. The summed E-state index contributed by atoms with van der Waals surface area (Å²) >= 11 is 0. The molecule has 0 N–H and O–H groups in total. The van der Waals surface area contributed by atoms with Gasteiger partial charge in [0, 0.05) is 0 Å². The van der Waals surface area contributed by atoms with Crippen LogP contribution < -0.4 is 0 Å². The molecule has 14 heavy (non-hydrogen) atoms. The minimum absolute atomic E-state index is 0.156. The highest BCUT2D eigenvalue weighted by molar-refractivity contribution is 7.87. The van der Waals surface area contributed by atoms with Crippen LogP contribution in [0.2, 0.25) is 0 Å². The minimum Gasteiger partial charge on any atom is -0.251 e. The maximum absolute atomic E-state index is 11.6. The van der Waals surface area contributed by atoms with Crippen LogP contribution in [0.25, 0.3) is 0 Å². The summed E-state index contributed by atoms with van der Waals surface area (Å²) in [6.07, 6.45) is -8.20. The van der Waals surface area contributed by atoms with Crippen molar-refractivity contribution >= 4 is 10.1 Å². The lowest BCUT2D eigenvalue weighted by Gasteiger charge is -2.16. The van der Waals surface area contributed by atoms with Crippen LogP contribution in [0.15, 0.2) is 0 Å². The SMILES string of the molecule is C[C@@H](OS(=O)(=O)C(F)(F)F)C(F)(F)F. The number of halogens is 6. The molecule has 3 nitrogen and oxygen atoms in total. The largest absolute Gasteiger partial charge is 0.523 e. The van der Waals surface area contributed by atoms with Crippen molar-refractivity contribution in [3.63, 3.8) is 0 Å². The molecule has 0 unspecified atom stereocenters. The summed E-state index contributed by atoms with van der Waals surface area (Å²) in [5.74, 6) is 0. The molecule has 0 amide bonds. The molecular weight excluding hydrogens is 242 g/mol. The predicted molar refractivity (Wildman–Crippen MR) is 31.6 cm³/mol. The number of hydrogen-bond acceptors (Lipinski definition) is 3. The Morgan fingerprint density at radius 2 is 1.43 bits per heavy atom. The molecule has 0 aromatic rings. The van der Waals surface area contributed by atoms with E-state index < -0.39 is 27.9 Å². The molecule has 0 rings (SSSR count). The highest BCUT2D eigenvalue weighted by Gasteiger charge is 2.51. The number of hydrogen-bond donors (Lipinski definition) is 0. The van der Waals surface area contributed by atoms with E-state index >= 15 is 0 Å². The molecule has 0 fully saturated rings. The first-order chi connectivity index (χ1) is 5.88. The van der Waals surface area contributed by atoms with Crippen LogP contribution in [0.4, 0.5) is 26.3 Å². The van der Waals surface area contributed by atoms with Crippen molar-refractivity contribution < 1.29 is 38.9 Å². The van der Waals surface area contributed by atoms with Gasteiger partial charge in [-0.25, -0.2) is 0 Å². The van der Waals surface area contributed by atoms with Crippen LogP contribution in [-0.2, 0) is 14.3 Å². The molecule has 0 aliphatic rings. The molecule has 0 aliphatic carbocycles. The Bertz CT molecular complexity index is 287. The average molecular weight is 246 g/mol. The van der Waals surface area contributed by atoms with Crippen molar-refractivity contribution in [2.75, 3.05) is 0 Å². The van der Waals surface area contributed by atoms with Crippen LogP contribution in [0.1, 0.15) is 6.92 Å². The molecule has 0 saturated carbocycles. The zero-order valence-electron chi connectivity index (χ0n) is 6.48. The van der Waals surface area contributed by atoms with Gasteiger partial charge in [-0.1, -0.05) is 0 Å². The lowest BCUT2D eigenvalue weighted by Crippen LogP contribution is -2.36. The van der Waals surface area contributed by atoms with E-state index in [1.807, 2.05) is 0 Å². The summed E-state index contributed by atoms with van der Waals surface area (Å²) in [6, 6.07) is 0. The Hall–Kier alpha value is -0.510. The van der Waals surface area contributed by atoms with Gasteiger partial charge in [-0.3, -0.25) is 4.18 Å². The highest BCUT2D eigenvalue weighted by Crippen LogP contribution is 2.30. The molecular formula is C4H4F6O3S. The van der Waals surface area contributed by atoms with Crippen molar-refractivity contribution in [2.45, 2.75) is 24.7 Å². The van der Waals surface area contributed by atoms with Gasteiger partial charge in [-0.05, 0) is 6.92 Å². The molecule has 0 bridgehead atoms. The molecule has 0 heterocycles. The van der Waals surface area contributed by atoms with Crippen LogP contribution in [-0.4, -0.2) is 26.2 Å². The summed E-state index contributed by atoms with van der Waals surface area (Å²) in [6.45, 7) is 0.156. The van der Waals surface area contributed by atoms with Crippen molar-refractivity contribution in [1.82, 2.24) is 0 Å². The van der Waals surface area contributed by atoms with E-state index in [1.54, 1.807) is 0 Å². The van der Waals surface area contributed by atoms with E-state index in [9.17, 15) is 34.8 Å². The fourth-order valence-corrected chi connectivity index (χ4v) is 0.897. The van der Waals surface area contributed by atoms with E-state index in [1.165, 1.54) is 0 Å². The Labute approximate surface area is 74.8 Å². The Kier molecular flexibility index (Phi) is 3.44. The van der Waals surface area contributed by atoms with Gasteiger partial charge in [0.25, 0.3) is 0 Å². The fraction of sp³-hybridized carbons (Fsp3) is 1.00. The number of rotatable bonds is 2. The number of alkyl halides is 6. The van der Waals surface area contributed by atoms with E-state index in [0.29, 0.717) is 0 Å². The van der Waals surface area contributed by atoms with Gasteiger partial charge in [-0.15, -0.1) is 0 Å². The zero-order chi connectivity index (χ0) is 11.8. The van der Waals surface area contributed by atoms with Crippen molar-refractivity contribution in [3.8, 4) is 0 Å². The normalized spacial score (nSPS) is 16.8. The lowest BCUT2D eigenvalue weighted by atomic mass is 10.4. The Morgan fingerprint density at radius 3 is 1.64 bits per heavy atom. The predicted octanol–water partition coefficient (Wildman–Crippen LogP) is 1.80. The topological polar surface area (TPSA) is 43.4 Å². The monoisotopic (exact) mass is 246 g/mol. The maximum Gasteiger partial charge on any atom is 0.523 e. The zero-order valence-corrected chi connectivity index (χ0v) is 7.29. The van der Waals surface area contributed by atoms with E-state index in [-0.39, 0.29) is 6.92 Å². The van der Waals surface area contributed by atoms with E-state index in [2.05, 4.69) is 4.18 Å². The van der Waals surface area contributed by atoms with Gasteiger partial charge >= 0.3 is 21.8 Å². The molecule has 0 aliphatic heterocycles. The summed E-state index contributed by atoms with van der Waals surface area (Å²) in [5.41, 5.74) is -5.85. The molecule has 0 saturated heterocycles.